The van der Waals surface area contributed by atoms with Crippen molar-refractivity contribution in [3.05, 3.63) is 24.3 Å². The Morgan fingerprint density at radius 1 is 1.38 bits per heavy atom. The Labute approximate surface area is 96.8 Å². The Hall–Kier alpha value is -1.09. The molecule has 1 rings (SSSR count). The van der Waals surface area contributed by atoms with Gasteiger partial charge in [0.1, 0.15) is 5.60 Å². The molecule has 0 radical (unpaired) electrons. The first-order valence-corrected chi connectivity index (χ1v) is 5.78. The zero-order valence-electron chi connectivity index (χ0n) is 9.94. The second-order valence-electron chi connectivity index (χ2n) is 4.18. The number of carboxylic acids is 1. The summed E-state index contributed by atoms with van der Waals surface area (Å²) in [5.41, 5.74) is -0.416. The van der Waals surface area contributed by atoms with E-state index in [9.17, 15) is 9.90 Å². The zero-order chi connectivity index (χ0) is 12.0. The van der Waals surface area contributed by atoms with Crippen LogP contribution >= 0.6 is 0 Å². The summed E-state index contributed by atoms with van der Waals surface area (Å²) in [6.45, 7) is 2.15. The third-order valence-electron chi connectivity index (χ3n) is 2.99. The molecule has 0 saturated carbocycles. The van der Waals surface area contributed by atoms with Gasteiger partial charge in [-0.05, 0) is 12.8 Å². The summed E-state index contributed by atoms with van der Waals surface area (Å²) in [5.74, 6) is -1.68. The molecular formula is C13H19O3-. The van der Waals surface area contributed by atoms with E-state index in [1.807, 2.05) is 12.2 Å². The van der Waals surface area contributed by atoms with Crippen molar-refractivity contribution in [1.29, 1.82) is 0 Å². The van der Waals surface area contributed by atoms with Crippen molar-refractivity contribution < 1.29 is 14.6 Å². The van der Waals surface area contributed by atoms with Crippen LogP contribution in [0.5, 0.6) is 0 Å². The number of carboxylic acid groups (broad SMARTS) is 1. The number of carbonyl (C=O) groups is 1. The highest BCUT2D eigenvalue weighted by Gasteiger charge is 2.26. The van der Waals surface area contributed by atoms with E-state index in [0.717, 1.165) is 25.7 Å². The minimum Gasteiger partial charge on any atom is -0.549 e. The second-order valence-corrected chi connectivity index (χ2v) is 4.18. The van der Waals surface area contributed by atoms with E-state index >= 15 is 0 Å². The molecule has 0 heterocycles. The van der Waals surface area contributed by atoms with E-state index in [2.05, 4.69) is 6.92 Å². The number of methoxy groups -OCH3 is 1. The van der Waals surface area contributed by atoms with Gasteiger partial charge in [-0.15, -0.1) is 0 Å². The molecule has 1 aliphatic carbocycles. The fraction of sp³-hybridized carbons (Fsp3) is 0.615. The Morgan fingerprint density at radius 3 is 2.44 bits per heavy atom. The van der Waals surface area contributed by atoms with Crippen LogP contribution in [0, 0.1) is 5.92 Å². The van der Waals surface area contributed by atoms with Gasteiger partial charge in [-0.25, -0.2) is 0 Å². The third-order valence-corrected chi connectivity index (χ3v) is 2.99. The van der Waals surface area contributed by atoms with Crippen LogP contribution in [0.15, 0.2) is 24.3 Å². The molecule has 3 nitrogen and oxygen atoms in total. The lowest BCUT2D eigenvalue weighted by Crippen LogP contribution is -2.34. The third kappa shape index (κ3) is 3.20. The van der Waals surface area contributed by atoms with Gasteiger partial charge in [-0.1, -0.05) is 44.1 Å². The van der Waals surface area contributed by atoms with E-state index in [-0.39, 0.29) is 0 Å². The molecule has 1 aliphatic rings. The maximum atomic E-state index is 10.7. The molecule has 0 saturated heterocycles. The molecule has 0 aliphatic heterocycles. The number of hydrogen-bond acceptors (Lipinski definition) is 3. The molecule has 0 aromatic rings. The summed E-state index contributed by atoms with van der Waals surface area (Å²) < 4.78 is 5.47. The van der Waals surface area contributed by atoms with Gasteiger partial charge in [0.25, 0.3) is 0 Å². The summed E-state index contributed by atoms with van der Waals surface area (Å²) in [6.07, 6.45) is 11.3. The highest BCUT2D eigenvalue weighted by Crippen LogP contribution is 2.27. The average molecular weight is 223 g/mol. The molecule has 0 spiro atoms. The Balaban J connectivity index is 2.60. The lowest BCUT2D eigenvalue weighted by atomic mass is 9.88. The van der Waals surface area contributed by atoms with Crippen LogP contribution in [-0.4, -0.2) is 18.7 Å². The van der Waals surface area contributed by atoms with Crippen LogP contribution in [-0.2, 0) is 9.53 Å². The van der Waals surface area contributed by atoms with Crippen molar-refractivity contribution in [3.8, 4) is 0 Å². The number of unbranched alkanes of at least 4 members (excludes halogenated alkanes) is 2. The fourth-order valence-corrected chi connectivity index (χ4v) is 1.87. The van der Waals surface area contributed by atoms with Crippen molar-refractivity contribution >= 4 is 5.97 Å². The molecule has 3 heteroatoms. The molecule has 0 unspecified atom stereocenters. The standard InChI is InChI=1S/C13H20O3/c1-3-4-5-8-13(16-2)9-6-11(7-10-13)12(14)15/h6-7,9-11H,3-5,8H2,1-2H3,(H,14,15)/p-1. The minimum absolute atomic E-state index is 0.416. The van der Waals surface area contributed by atoms with Crippen molar-refractivity contribution in [3.63, 3.8) is 0 Å². The van der Waals surface area contributed by atoms with Gasteiger partial charge in [-0.2, -0.15) is 0 Å². The van der Waals surface area contributed by atoms with Gasteiger partial charge in [0.05, 0.1) is 5.97 Å². The average Bonchev–Trinajstić information content (AvgIpc) is 2.30. The van der Waals surface area contributed by atoms with Crippen molar-refractivity contribution in [2.75, 3.05) is 7.11 Å². The zero-order valence-corrected chi connectivity index (χ0v) is 9.94. The van der Waals surface area contributed by atoms with E-state index in [4.69, 9.17) is 4.74 Å². The predicted molar refractivity (Wildman–Crippen MR) is 60.7 cm³/mol. The highest BCUT2D eigenvalue weighted by atomic mass is 16.5. The summed E-state index contributed by atoms with van der Waals surface area (Å²) in [7, 11) is 1.65. The molecule has 0 atom stereocenters. The Kier molecular flexibility index (Phi) is 4.74. The van der Waals surface area contributed by atoms with Crippen molar-refractivity contribution in [2.24, 2.45) is 5.92 Å². The van der Waals surface area contributed by atoms with Crippen LogP contribution in [0.1, 0.15) is 32.6 Å². The molecule has 0 aromatic heterocycles. The maximum Gasteiger partial charge on any atom is 0.104 e. The number of aliphatic carboxylic acids is 1. The second kappa shape index (κ2) is 5.85. The minimum atomic E-state index is -1.06. The Morgan fingerprint density at radius 2 is 2.00 bits per heavy atom. The smallest absolute Gasteiger partial charge is 0.104 e. The molecule has 0 N–H and O–H groups in total. The van der Waals surface area contributed by atoms with E-state index in [0.29, 0.717) is 0 Å². The summed E-state index contributed by atoms with van der Waals surface area (Å²) in [4.78, 5) is 10.7. The van der Waals surface area contributed by atoms with Gasteiger partial charge >= 0.3 is 0 Å². The Bertz CT molecular complexity index is 278. The molecule has 0 fully saturated rings. The molecule has 0 aromatic carbocycles. The van der Waals surface area contributed by atoms with Crippen LogP contribution in [0.4, 0.5) is 0 Å². The van der Waals surface area contributed by atoms with Crippen molar-refractivity contribution in [2.45, 2.75) is 38.2 Å². The number of carbonyl (C=O) groups excluding carboxylic acids is 1. The number of rotatable bonds is 6. The highest BCUT2D eigenvalue weighted by molar-refractivity contribution is 5.72. The first-order valence-electron chi connectivity index (χ1n) is 5.78. The molecule has 0 bridgehead atoms. The summed E-state index contributed by atoms with van der Waals surface area (Å²) >= 11 is 0. The quantitative estimate of drug-likeness (QED) is 0.506. The number of ether oxygens (including phenoxy) is 1. The first-order chi connectivity index (χ1) is 7.63. The van der Waals surface area contributed by atoms with Crippen molar-refractivity contribution in [1.82, 2.24) is 0 Å². The van der Waals surface area contributed by atoms with Crippen LogP contribution in [0.25, 0.3) is 0 Å². The topological polar surface area (TPSA) is 49.4 Å². The molecule has 90 valence electrons. The number of hydrogen-bond donors (Lipinski definition) is 0. The monoisotopic (exact) mass is 223 g/mol. The fourth-order valence-electron chi connectivity index (χ4n) is 1.87. The maximum absolute atomic E-state index is 10.7. The van der Waals surface area contributed by atoms with Gasteiger partial charge in [0, 0.05) is 13.0 Å². The lowest BCUT2D eigenvalue weighted by Gasteiger charge is -2.30. The van der Waals surface area contributed by atoms with E-state index in [1.165, 1.54) is 0 Å². The first kappa shape index (κ1) is 13.0. The SMILES string of the molecule is CCCCCC1(OC)C=CC(C(=O)[O-])C=C1. The van der Waals surface area contributed by atoms with Crippen LogP contribution in [0.3, 0.4) is 0 Å². The van der Waals surface area contributed by atoms with Gasteiger partial charge in [0.15, 0.2) is 0 Å². The van der Waals surface area contributed by atoms with Crippen LogP contribution < -0.4 is 5.11 Å². The van der Waals surface area contributed by atoms with Gasteiger partial charge in [-0.3, -0.25) is 0 Å². The molecular weight excluding hydrogens is 204 g/mol. The summed E-state index contributed by atoms with van der Waals surface area (Å²) in [5, 5.41) is 10.7. The summed E-state index contributed by atoms with van der Waals surface area (Å²) in [6, 6.07) is 0. The molecule has 0 amide bonds. The largest absolute Gasteiger partial charge is 0.549 e. The van der Waals surface area contributed by atoms with Gasteiger partial charge < -0.3 is 14.6 Å². The van der Waals surface area contributed by atoms with E-state index < -0.39 is 17.5 Å². The van der Waals surface area contributed by atoms with E-state index in [1.54, 1.807) is 19.3 Å². The van der Waals surface area contributed by atoms with Gasteiger partial charge in [0.2, 0.25) is 0 Å². The predicted octanol–water partition coefficient (Wildman–Crippen LogP) is 1.44. The normalized spacial score (nSPS) is 28.2. The lowest BCUT2D eigenvalue weighted by molar-refractivity contribution is -0.308. The van der Waals surface area contributed by atoms with Crippen LogP contribution in [0.2, 0.25) is 0 Å². The molecule has 16 heavy (non-hydrogen) atoms.